The quantitative estimate of drug-likeness (QED) is 0.666. The van der Waals surface area contributed by atoms with Gasteiger partial charge in [0.05, 0.1) is 23.9 Å². The molecular weight excluding hydrogens is 410 g/mol. The van der Waals surface area contributed by atoms with Crippen molar-refractivity contribution in [2.45, 2.75) is 41.8 Å². The lowest BCUT2D eigenvalue weighted by Crippen LogP contribution is -2.50. The lowest BCUT2D eigenvalue weighted by atomic mass is 9.73. The van der Waals surface area contributed by atoms with E-state index in [4.69, 9.17) is 27.8 Å². The van der Waals surface area contributed by atoms with E-state index < -0.39 is 0 Å². The molecule has 0 aromatic carbocycles. The molecule has 2 aromatic heterocycles. The van der Waals surface area contributed by atoms with Gasteiger partial charge in [-0.25, -0.2) is 15.0 Å². The predicted molar refractivity (Wildman–Crippen MR) is 117 cm³/mol. The second-order valence-electron chi connectivity index (χ2n) is 7.63. The first-order valence-electron chi connectivity index (χ1n) is 9.68. The number of hydrogen-bond donors (Lipinski definition) is 3. The largest absolute Gasteiger partial charge is 0.381 e. The van der Waals surface area contributed by atoms with Gasteiger partial charge in [0.15, 0.2) is 5.82 Å². The summed E-state index contributed by atoms with van der Waals surface area (Å²) in [5, 5.41) is 4.13. The summed E-state index contributed by atoms with van der Waals surface area (Å²) in [5.41, 5.74) is 12.7. The third-order valence-corrected chi connectivity index (χ3v) is 7.54. The van der Waals surface area contributed by atoms with E-state index in [1.54, 1.807) is 19.4 Å². The Morgan fingerprint density at radius 3 is 2.72 bits per heavy atom. The Balaban J connectivity index is 1.46. The van der Waals surface area contributed by atoms with Gasteiger partial charge in [0, 0.05) is 42.7 Å². The fraction of sp³-hybridized carbons (Fsp3) is 0.526. The molecule has 2 saturated heterocycles. The zero-order valence-electron chi connectivity index (χ0n) is 16.6. The van der Waals surface area contributed by atoms with E-state index in [9.17, 15) is 0 Å². The van der Waals surface area contributed by atoms with Crippen molar-refractivity contribution in [1.82, 2.24) is 15.0 Å². The number of nitrogens with two attached hydrogens (primary N) is 2. The van der Waals surface area contributed by atoms with Crippen LogP contribution >= 0.6 is 23.4 Å². The Labute approximate surface area is 179 Å². The van der Waals surface area contributed by atoms with E-state index in [0.717, 1.165) is 43.3 Å². The average Bonchev–Trinajstić information content (AvgIpc) is 3.00. The molecule has 0 aliphatic carbocycles. The van der Waals surface area contributed by atoms with E-state index in [1.165, 1.54) is 11.8 Å². The highest BCUT2D eigenvalue weighted by atomic mass is 35.5. The van der Waals surface area contributed by atoms with Crippen molar-refractivity contribution >= 4 is 40.8 Å². The lowest BCUT2D eigenvalue weighted by Gasteiger charge is -2.41. The number of nitrogen functional groups attached to an aromatic ring is 1. The maximum absolute atomic E-state index is 6.41. The summed E-state index contributed by atoms with van der Waals surface area (Å²) in [6.07, 6.45) is 5.56. The fourth-order valence-corrected chi connectivity index (χ4v) is 5.15. The van der Waals surface area contributed by atoms with Crippen molar-refractivity contribution in [2.24, 2.45) is 11.1 Å². The van der Waals surface area contributed by atoms with Gasteiger partial charge in [0.2, 0.25) is 0 Å². The summed E-state index contributed by atoms with van der Waals surface area (Å²) in [6.45, 7) is 4.54. The van der Waals surface area contributed by atoms with E-state index in [2.05, 4.69) is 32.1 Å². The molecule has 156 valence electrons. The number of pyridine rings is 1. The Morgan fingerprint density at radius 1 is 1.34 bits per heavy atom. The van der Waals surface area contributed by atoms with E-state index in [0.29, 0.717) is 21.7 Å². The summed E-state index contributed by atoms with van der Waals surface area (Å²) in [6, 6.07) is 1.92. The molecule has 29 heavy (non-hydrogen) atoms. The number of rotatable bonds is 4. The number of ether oxygens (including phenoxy) is 1. The number of piperidine rings is 1. The molecule has 2 aromatic rings. The second-order valence-corrected chi connectivity index (χ2v) is 9.04. The van der Waals surface area contributed by atoms with Crippen LogP contribution in [0.1, 0.15) is 19.8 Å². The third-order valence-electron chi connectivity index (χ3n) is 5.98. The number of nitrogens with zero attached hydrogens (tertiary/aromatic N) is 4. The normalized spacial score (nSPS) is 23.5. The summed E-state index contributed by atoms with van der Waals surface area (Å²) in [4.78, 5) is 16.4. The molecule has 5 N–H and O–H groups in total. The molecular formula is C19H26ClN7OS. The zero-order chi connectivity index (χ0) is 20.6. The van der Waals surface area contributed by atoms with Gasteiger partial charge in [0.25, 0.3) is 0 Å². The highest BCUT2D eigenvalue weighted by Crippen LogP contribution is 2.42. The molecule has 4 rings (SSSR count). The molecule has 0 radical (unpaired) electrons. The molecule has 2 atom stereocenters. The van der Waals surface area contributed by atoms with Gasteiger partial charge in [-0.1, -0.05) is 23.4 Å². The van der Waals surface area contributed by atoms with Crippen LogP contribution in [-0.4, -0.2) is 53.8 Å². The molecule has 0 bridgehead atoms. The molecule has 4 heterocycles. The van der Waals surface area contributed by atoms with Crippen LogP contribution in [0.5, 0.6) is 0 Å². The van der Waals surface area contributed by atoms with Gasteiger partial charge < -0.3 is 26.4 Å². The minimum Gasteiger partial charge on any atom is -0.381 e. The SMILES string of the molecule is CNc1nccc(Sc2ncc(N3CCC4(CC3)COC(C)C4N)nc2N)c1Cl. The highest BCUT2D eigenvalue weighted by Gasteiger charge is 2.47. The first kappa shape index (κ1) is 20.5. The molecule has 10 heteroatoms. The summed E-state index contributed by atoms with van der Waals surface area (Å²) >= 11 is 7.76. The monoisotopic (exact) mass is 435 g/mol. The standard InChI is InChI=1S/C19H26ClN7OS/c1-11-15(21)19(10-28-11)4-7-27(8-5-19)13-9-25-18(16(22)26-13)29-12-3-6-24-17(23-2)14(12)20/h3,6,9,11,15H,4-5,7-8,10,21H2,1-2H3,(H2,22,26)(H,23,24). The van der Waals surface area contributed by atoms with Crippen LogP contribution in [0.2, 0.25) is 5.02 Å². The first-order valence-corrected chi connectivity index (χ1v) is 10.9. The fourth-order valence-electron chi connectivity index (χ4n) is 4.05. The van der Waals surface area contributed by atoms with Crippen molar-refractivity contribution in [3.8, 4) is 0 Å². The van der Waals surface area contributed by atoms with Crippen LogP contribution in [-0.2, 0) is 4.74 Å². The minimum absolute atomic E-state index is 0.0772. The van der Waals surface area contributed by atoms with Crippen LogP contribution in [0.25, 0.3) is 0 Å². The maximum atomic E-state index is 6.41. The Hall–Kier alpha value is -1.81. The van der Waals surface area contributed by atoms with Crippen molar-refractivity contribution in [1.29, 1.82) is 0 Å². The topological polar surface area (TPSA) is 115 Å². The number of nitrogens with one attached hydrogen (secondary N) is 1. The van der Waals surface area contributed by atoms with E-state index in [-0.39, 0.29) is 17.6 Å². The van der Waals surface area contributed by atoms with E-state index >= 15 is 0 Å². The van der Waals surface area contributed by atoms with Crippen LogP contribution in [0.4, 0.5) is 17.5 Å². The van der Waals surface area contributed by atoms with Gasteiger partial charge in [-0.3, -0.25) is 0 Å². The molecule has 2 aliphatic rings. The van der Waals surface area contributed by atoms with Crippen LogP contribution < -0.4 is 21.7 Å². The Morgan fingerprint density at radius 2 is 2.10 bits per heavy atom. The van der Waals surface area contributed by atoms with Crippen LogP contribution in [0, 0.1) is 5.41 Å². The molecule has 2 unspecified atom stereocenters. The molecule has 2 aliphatic heterocycles. The molecule has 1 spiro atoms. The lowest BCUT2D eigenvalue weighted by molar-refractivity contribution is 0.0974. The average molecular weight is 436 g/mol. The smallest absolute Gasteiger partial charge is 0.158 e. The Kier molecular flexibility index (Phi) is 5.74. The predicted octanol–water partition coefficient (Wildman–Crippen LogP) is 2.63. The van der Waals surface area contributed by atoms with Crippen LogP contribution in [0.15, 0.2) is 28.4 Å². The number of hydrogen-bond acceptors (Lipinski definition) is 9. The van der Waals surface area contributed by atoms with Crippen molar-refractivity contribution < 1.29 is 4.74 Å². The maximum Gasteiger partial charge on any atom is 0.158 e. The van der Waals surface area contributed by atoms with E-state index in [1.807, 2.05) is 6.07 Å². The molecule has 8 nitrogen and oxygen atoms in total. The van der Waals surface area contributed by atoms with Gasteiger partial charge in [0.1, 0.15) is 16.7 Å². The van der Waals surface area contributed by atoms with Crippen molar-refractivity contribution in [2.75, 3.05) is 42.7 Å². The number of aromatic nitrogens is 3. The second kappa shape index (κ2) is 8.14. The summed E-state index contributed by atoms with van der Waals surface area (Å²) in [7, 11) is 1.78. The van der Waals surface area contributed by atoms with Gasteiger partial charge in [-0.15, -0.1) is 0 Å². The highest BCUT2D eigenvalue weighted by molar-refractivity contribution is 7.99. The first-order chi connectivity index (χ1) is 13.9. The Bertz CT molecular complexity index is 891. The number of anilines is 3. The molecule has 0 amide bonds. The van der Waals surface area contributed by atoms with Gasteiger partial charge in [-0.2, -0.15) is 0 Å². The zero-order valence-corrected chi connectivity index (χ0v) is 18.1. The summed E-state index contributed by atoms with van der Waals surface area (Å²) in [5.74, 6) is 1.80. The van der Waals surface area contributed by atoms with Crippen molar-refractivity contribution in [3.63, 3.8) is 0 Å². The summed E-state index contributed by atoms with van der Waals surface area (Å²) < 4.78 is 5.80. The third kappa shape index (κ3) is 3.84. The van der Waals surface area contributed by atoms with Crippen molar-refractivity contribution in [3.05, 3.63) is 23.5 Å². The van der Waals surface area contributed by atoms with Crippen LogP contribution in [0.3, 0.4) is 0 Å². The molecule has 2 fully saturated rings. The molecule has 0 saturated carbocycles. The van der Waals surface area contributed by atoms with Gasteiger partial charge in [-0.05, 0) is 25.8 Å². The minimum atomic E-state index is 0.0772. The number of halogens is 1. The van der Waals surface area contributed by atoms with Gasteiger partial charge >= 0.3 is 0 Å².